The summed E-state index contributed by atoms with van der Waals surface area (Å²) in [6, 6.07) is 5.48. The lowest BCUT2D eigenvalue weighted by molar-refractivity contribution is -0.146. The summed E-state index contributed by atoms with van der Waals surface area (Å²) < 4.78 is 5.72. The van der Waals surface area contributed by atoms with E-state index in [1.165, 1.54) is 6.92 Å². The molecule has 1 unspecified atom stereocenters. The number of anilines is 1. The smallest absolute Gasteiger partial charge is 0.278 e. The highest BCUT2D eigenvalue weighted by Gasteiger charge is 2.47. The van der Waals surface area contributed by atoms with Crippen LogP contribution in [-0.2, 0) is 9.59 Å². The number of aryl methyl sites for hydroxylation is 1. The number of fused-ring (bicyclic) bond motifs is 1. The van der Waals surface area contributed by atoms with Gasteiger partial charge >= 0.3 is 0 Å². The quantitative estimate of drug-likeness (QED) is 0.780. The largest absolute Gasteiger partial charge is 0.466 e. The predicted octanol–water partition coefficient (Wildman–Crippen LogP) is 1.54. The fraction of sp³-hybridized carbons (Fsp3) is 0.529. The number of hydrogen-bond acceptors (Lipinski definition) is 4. The SMILES string of the molecule is CCN(CC)CCNC(=O)C1(C)Oc2ccc(C)cc2NC1=O. The molecule has 0 aliphatic carbocycles. The average Bonchev–Trinajstić information content (AvgIpc) is 2.53. The van der Waals surface area contributed by atoms with Crippen molar-refractivity contribution in [2.45, 2.75) is 33.3 Å². The van der Waals surface area contributed by atoms with Crippen LogP contribution < -0.4 is 15.4 Å². The van der Waals surface area contributed by atoms with E-state index in [2.05, 4.69) is 29.4 Å². The van der Waals surface area contributed by atoms with Crippen LogP contribution >= 0.6 is 0 Å². The van der Waals surface area contributed by atoms with Crippen molar-refractivity contribution >= 4 is 17.5 Å². The molecule has 1 aliphatic rings. The van der Waals surface area contributed by atoms with E-state index in [9.17, 15) is 9.59 Å². The molecule has 0 aromatic heterocycles. The highest BCUT2D eigenvalue weighted by atomic mass is 16.5. The number of nitrogens with one attached hydrogen (secondary N) is 2. The second kappa shape index (κ2) is 7.00. The number of likely N-dealkylation sites (N-methyl/N-ethyl adjacent to an activating group) is 1. The minimum atomic E-state index is -1.55. The number of nitrogens with zero attached hydrogens (tertiary/aromatic N) is 1. The summed E-state index contributed by atoms with van der Waals surface area (Å²) in [6.45, 7) is 10.6. The monoisotopic (exact) mass is 319 g/mol. The van der Waals surface area contributed by atoms with Crippen LogP contribution in [0.5, 0.6) is 5.75 Å². The maximum Gasteiger partial charge on any atom is 0.278 e. The van der Waals surface area contributed by atoms with Crippen molar-refractivity contribution in [2.75, 3.05) is 31.5 Å². The minimum absolute atomic E-state index is 0.423. The summed E-state index contributed by atoms with van der Waals surface area (Å²) in [6.07, 6.45) is 0. The molecule has 1 heterocycles. The van der Waals surface area contributed by atoms with Crippen molar-refractivity contribution in [3.05, 3.63) is 23.8 Å². The van der Waals surface area contributed by atoms with E-state index in [1.807, 2.05) is 19.1 Å². The second-order valence-electron chi connectivity index (χ2n) is 5.87. The molecule has 2 amide bonds. The zero-order valence-corrected chi connectivity index (χ0v) is 14.2. The van der Waals surface area contributed by atoms with E-state index in [1.54, 1.807) is 6.07 Å². The average molecular weight is 319 g/mol. The molecule has 0 radical (unpaired) electrons. The standard InChI is InChI=1S/C17H25N3O3/c1-5-20(6-2)10-9-18-15(21)17(4)16(22)19-13-11-12(3)7-8-14(13)23-17/h7-8,11H,5-6,9-10H2,1-4H3,(H,18,21)(H,19,22). The lowest BCUT2D eigenvalue weighted by atomic mass is 10.0. The predicted molar refractivity (Wildman–Crippen MR) is 89.6 cm³/mol. The Morgan fingerprint density at radius 2 is 2.04 bits per heavy atom. The first-order valence-electron chi connectivity index (χ1n) is 8.02. The number of carbonyl (C=O) groups is 2. The highest BCUT2D eigenvalue weighted by Crippen LogP contribution is 2.34. The van der Waals surface area contributed by atoms with Crippen LogP contribution in [0, 0.1) is 6.92 Å². The van der Waals surface area contributed by atoms with Crippen LogP contribution in [0.2, 0.25) is 0 Å². The topological polar surface area (TPSA) is 70.7 Å². The Hall–Kier alpha value is -2.08. The molecule has 1 aliphatic heterocycles. The van der Waals surface area contributed by atoms with E-state index in [0.717, 1.165) is 25.2 Å². The van der Waals surface area contributed by atoms with Crippen molar-refractivity contribution in [1.29, 1.82) is 0 Å². The van der Waals surface area contributed by atoms with E-state index < -0.39 is 17.4 Å². The summed E-state index contributed by atoms with van der Waals surface area (Å²) in [7, 11) is 0. The van der Waals surface area contributed by atoms with E-state index in [4.69, 9.17) is 4.74 Å². The van der Waals surface area contributed by atoms with Gasteiger partial charge in [-0.3, -0.25) is 9.59 Å². The molecule has 6 nitrogen and oxygen atoms in total. The number of rotatable bonds is 6. The minimum Gasteiger partial charge on any atom is -0.466 e. The van der Waals surface area contributed by atoms with Crippen molar-refractivity contribution < 1.29 is 14.3 Å². The van der Waals surface area contributed by atoms with Crippen molar-refractivity contribution in [1.82, 2.24) is 10.2 Å². The first-order chi connectivity index (χ1) is 10.9. The van der Waals surface area contributed by atoms with Crippen LogP contribution in [-0.4, -0.2) is 48.5 Å². The van der Waals surface area contributed by atoms with Crippen LogP contribution in [0.25, 0.3) is 0 Å². The molecular weight excluding hydrogens is 294 g/mol. The maximum atomic E-state index is 12.4. The second-order valence-corrected chi connectivity index (χ2v) is 5.87. The molecule has 23 heavy (non-hydrogen) atoms. The zero-order valence-electron chi connectivity index (χ0n) is 14.2. The molecule has 2 N–H and O–H groups in total. The van der Waals surface area contributed by atoms with Gasteiger partial charge in [0.25, 0.3) is 17.4 Å². The molecule has 1 aromatic carbocycles. The summed E-state index contributed by atoms with van der Waals surface area (Å²) >= 11 is 0. The van der Waals surface area contributed by atoms with Crippen LogP contribution in [0.15, 0.2) is 18.2 Å². The fourth-order valence-corrected chi connectivity index (χ4v) is 2.52. The molecule has 0 saturated carbocycles. The summed E-state index contributed by atoms with van der Waals surface area (Å²) in [5.74, 6) is -0.360. The van der Waals surface area contributed by atoms with Crippen molar-refractivity contribution in [3.63, 3.8) is 0 Å². The molecule has 6 heteroatoms. The Kier molecular flexibility index (Phi) is 5.26. The first kappa shape index (κ1) is 17.3. The van der Waals surface area contributed by atoms with Gasteiger partial charge in [0.2, 0.25) is 0 Å². The number of amides is 2. The fourth-order valence-electron chi connectivity index (χ4n) is 2.52. The lowest BCUT2D eigenvalue weighted by Gasteiger charge is -2.33. The van der Waals surface area contributed by atoms with Gasteiger partial charge in [0.15, 0.2) is 0 Å². The Bertz CT molecular complexity index is 599. The molecule has 126 valence electrons. The van der Waals surface area contributed by atoms with Crippen LogP contribution in [0.3, 0.4) is 0 Å². The first-order valence-corrected chi connectivity index (χ1v) is 8.02. The van der Waals surface area contributed by atoms with Gasteiger partial charge in [-0.15, -0.1) is 0 Å². The van der Waals surface area contributed by atoms with Gasteiger partial charge in [-0.25, -0.2) is 0 Å². The number of carbonyl (C=O) groups excluding carboxylic acids is 2. The van der Waals surface area contributed by atoms with Gasteiger partial charge in [0, 0.05) is 13.1 Å². The molecule has 0 bridgehead atoms. The molecule has 2 rings (SSSR count). The Morgan fingerprint density at radius 1 is 1.35 bits per heavy atom. The van der Waals surface area contributed by atoms with E-state index >= 15 is 0 Å². The molecule has 1 aromatic rings. The third-order valence-corrected chi connectivity index (χ3v) is 4.17. The molecule has 0 fully saturated rings. The van der Waals surface area contributed by atoms with Gasteiger partial charge in [0.1, 0.15) is 5.75 Å². The molecule has 0 saturated heterocycles. The van der Waals surface area contributed by atoms with Gasteiger partial charge in [-0.1, -0.05) is 19.9 Å². The zero-order chi connectivity index (χ0) is 17.0. The van der Waals surface area contributed by atoms with E-state index in [-0.39, 0.29) is 0 Å². The third-order valence-electron chi connectivity index (χ3n) is 4.17. The Labute approximate surface area is 137 Å². The Morgan fingerprint density at radius 3 is 2.70 bits per heavy atom. The number of ether oxygens (including phenoxy) is 1. The maximum absolute atomic E-state index is 12.4. The Balaban J connectivity index is 2.04. The summed E-state index contributed by atoms with van der Waals surface area (Å²) in [5.41, 5.74) is 0.0641. The van der Waals surface area contributed by atoms with Crippen LogP contribution in [0.4, 0.5) is 5.69 Å². The lowest BCUT2D eigenvalue weighted by Crippen LogP contribution is -2.59. The third kappa shape index (κ3) is 3.64. The summed E-state index contributed by atoms with van der Waals surface area (Å²) in [4.78, 5) is 27.0. The van der Waals surface area contributed by atoms with Gasteiger partial charge in [-0.2, -0.15) is 0 Å². The van der Waals surface area contributed by atoms with E-state index in [0.29, 0.717) is 18.0 Å². The molecule has 0 spiro atoms. The number of hydrogen-bond donors (Lipinski definition) is 2. The van der Waals surface area contributed by atoms with Crippen molar-refractivity contribution in [3.8, 4) is 5.75 Å². The van der Waals surface area contributed by atoms with Gasteiger partial charge in [0.05, 0.1) is 5.69 Å². The van der Waals surface area contributed by atoms with Crippen molar-refractivity contribution in [2.24, 2.45) is 0 Å². The van der Waals surface area contributed by atoms with Gasteiger partial charge < -0.3 is 20.3 Å². The highest BCUT2D eigenvalue weighted by molar-refractivity contribution is 6.15. The summed E-state index contributed by atoms with van der Waals surface area (Å²) in [5, 5.41) is 5.56. The normalized spacial score (nSPS) is 19.8. The van der Waals surface area contributed by atoms with Gasteiger partial charge in [-0.05, 0) is 44.6 Å². The van der Waals surface area contributed by atoms with Crippen LogP contribution in [0.1, 0.15) is 26.3 Å². The number of benzene rings is 1. The molecule has 1 atom stereocenters. The molecular formula is C17H25N3O3.